The van der Waals surface area contributed by atoms with Gasteiger partial charge < -0.3 is 10.3 Å². The summed E-state index contributed by atoms with van der Waals surface area (Å²) >= 11 is 0. The average Bonchev–Trinajstić information content (AvgIpc) is 3.27. The number of benzene rings is 2. The van der Waals surface area contributed by atoms with Gasteiger partial charge in [0.05, 0.1) is 34.2 Å². The first-order valence-corrected chi connectivity index (χ1v) is 9.43. The first-order valence-electron chi connectivity index (χ1n) is 9.43. The normalized spacial score (nSPS) is 12.9. The van der Waals surface area contributed by atoms with Crippen molar-refractivity contribution in [1.82, 2.24) is 19.4 Å². The van der Waals surface area contributed by atoms with Crippen molar-refractivity contribution in [2.24, 2.45) is 0 Å². The van der Waals surface area contributed by atoms with Gasteiger partial charge in [-0.15, -0.1) is 0 Å². The molecule has 0 radical (unpaired) electrons. The van der Waals surface area contributed by atoms with Crippen molar-refractivity contribution in [2.45, 2.75) is 13.0 Å². The lowest BCUT2D eigenvalue weighted by Gasteiger charge is -2.12. The van der Waals surface area contributed by atoms with Gasteiger partial charge in [0.25, 0.3) is 17.4 Å². The Morgan fingerprint density at radius 3 is 2.57 bits per heavy atom. The van der Waals surface area contributed by atoms with E-state index in [2.05, 4.69) is 22.4 Å². The van der Waals surface area contributed by atoms with Crippen molar-refractivity contribution in [3.8, 4) is 5.69 Å². The summed E-state index contributed by atoms with van der Waals surface area (Å²) in [5.41, 5.74) is 8.99. The van der Waals surface area contributed by atoms with Crippen molar-refractivity contribution in [2.75, 3.05) is 5.73 Å². The van der Waals surface area contributed by atoms with Crippen LogP contribution in [0.5, 0.6) is 0 Å². The number of nitrogens with one attached hydrogen (secondary N) is 1. The largest absolute Gasteiger partial charge is 0.384 e. The molecule has 4 aromatic rings. The van der Waals surface area contributed by atoms with E-state index in [0.29, 0.717) is 11.2 Å². The van der Waals surface area contributed by atoms with Gasteiger partial charge in [0.15, 0.2) is 0 Å². The van der Waals surface area contributed by atoms with Gasteiger partial charge in [-0.05, 0) is 30.2 Å². The zero-order chi connectivity index (χ0) is 20.8. The Kier molecular flexibility index (Phi) is 3.99. The summed E-state index contributed by atoms with van der Waals surface area (Å²) in [6, 6.07) is 16.7. The number of rotatable bonds is 4. The lowest BCUT2D eigenvalue weighted by Crippen LogP contribution is -2.24. The molecule has 0 atom stereocenters. The molecule has 0 saturated heterocycles. The fourth-order valence-electron chi connectivity index (χ4n) is 3.81. The minimum Gasteiger partial charge on any atom is -0.384 e. The third kappa shape index (κ3) is 2.77. The van der Waals surface area contributed by atoms with Crippen LogP contribution in [-0.4, -0.2) is 25.9 Å². The number of carbonyl (C=O) groups excluding carboxylic acids is 2. The van der Waals surface area contributed by atoms with Crippen molar-refractivity contribution >= 4 is 28.7 Å². The molecular weight excluding hydrogens is 382 g/mol. The predicted octanol–water partition coefficient (Wildman–Crippen LogP) is 1.90. The second kappa shape index (κ2) is 6.70. The van der Waals surface area contributed by atoms with E-state index >= 15 is 0 Å². The molecule has 0 unspecified atom stereocenters. The Bertz CT molecular complexity index is 1390. The minimum absolute atomic E-state index is 0.00465. The highest BCUT2D eigenvalue weighted by atomic mass is 16.2. The summed E-state index contributed by atoms with van der Waals surface area (Å²) in [5, 5.41) is 2.16. The van der Waals surface area contributed by atoms with E-state index in [1.807, 2.05) is 28.8 Å². The quantitative estimate of drug-likeness (QED) is 0.509. The van der Waals surface area contributed by atoms with Crippen molar-refractivity contribution in [3.05, 3.63) is 88.0 Å². The molecule has 3 N–H and O–H groups in total. The molecule has 2 aromatic carbocycles. The first-order chi connectivity index (χ1) is 14.5. The number of aryl methyl sites for hydroxylation is 2. The van der Waals surface area contributed by atoms with Gasteiger partial charge in [-0.1, -0.05) is 30.3 Å². The van der Waals surface area contributed by atoms with Crippen LogP contribution in [-0.2, 0) is 13.0 Å². The van der Waals surface area contributed by atoms with Crippen LogP contribution in [0.3, 0.4) is 0 Å². The summed E-state index contributed by atoms with van der Waals surface area (Å²) < 4.78 is 3.27. The smallest absolute Gasteiger partial charge is 0.262 e. The van der Waals surface area contributed by atoms with E-state index in [1.165, 1.54) is 10.1 Å². The number of imidazole rings is 1. The van der Waals surface area contributed by atoms with E-state index in [1.54, 1.807) is 18.5 Å². The Labute approximate surface area is 170 Å². The van der Waals surface area contributed by atoms with Gasteiger partial charge >= 0.3 is 0 Å². The second-order valence-corrected chi connectivity index (χ2v) is 7.12. The zero-order valence-electron chi connectivity index (χ0n) is 15.8. The van der Waals surface area contributed by atoms with E-state index in [-0.39, 0.29) is 16.9 Å². The third-order valence-corrected chi connectivity index (χ3v) is 5.30. The van der Waals surface area contributed by atoms with Crippen LogP contribution in [0.4, 0.5) is 5.82 Å². The summed E-state index contributed by atoms with van der Waals surface area (Å²) in [6.45, 7) is 0.767. The summed E-state index contributed by atoms with van der Waals surface area (Å²) in [5.74, 6) is -1.28. The summed E-state index contributed by atoms with van der Waals surface area (Å²) in [6.07, 6.45) is 2.63. The van der Waals surface area contributed by atoms with Gasteiger partial charge in [0, 0.05) is 12.6 Å². The molecule has 0 saturated carbocycles. The molecule has 8 nitrogen and oxygen atoms in total. The monoisotopic (exact) mass is 399 g/mol. The Hall–Kier alpha value is -4.20. The molecule has 3 heterocycles. The fourth-order valence-corrected chi connectivity index (χ4v) is 3.81. The molecule has 1 aliphatic rings. The lowest BCUT2D eigenvalue weighted by molar-refractivity contribution is 0.0880. The Balaban J connectivity index is 1.53. The molecule has 8 heteroatoms. The zero-order valence-corrected chi connectivity index (χ0v) is 15.8. The summed E-state index contributed by atoms with van der Waals surface area (Å²) in [7, 11) is 0. The van der Waals surface area contributed by atoms with Crippen LogP contribution >= 0.6 is 0 Å². The molecule has 2 amide bonds. The molecule has 0 aliphatic carbocycles. The fraction of sp³-hybridized carbons (Fsp3) is 0.0909. The second-order valence-electron chi connectivity index (χ2n) is 7.12. The number of fused-ring (bicyclic) bond motifs is 2. The number of nitrogens with two attached hydrogens (primary N) is 1. The molecule has 5 rings (SSSR count). The van der Waals surface area contributed by atoms with E-state index in [0.717, 1.165) is 24.5 Å². The Morgan fingerprint density at radius 2 is 1.77 bits per heavy atom. The van der Waals surface area contributed by atoms with Crippen molar-refractivity contribution in [1.29, 1.82) is 0 Å². The average molecular weight is 399 g/mol. The number of imide groups is 1. The molecule has 2 aromatic heterocycles. The van der Waals surface area contributed by atoms with Crippen LogP contribution in [0.1, 0.15) is 26.3 Å². The number of aromatic nitrogens is 3. The molecule has 30 heavy (non-hydrogen) atoms. The van der Waals surface area contributed by atoms with Gasteiger partial charge in [0.2, 0.25) is 0 Å². The van der Waals surface area contributed by atoms with Gasteiger partial charge in [0.1, 0.15) is 5.82 Å². The maximum Gasteiger partial charge on any atom is 0.262 e. The number of anilines is 1. The number of nitrogen functional groups attached to an aromatic ring is 1. The number of hydrogen-bond donors (Lipinski definition) is 2. The van der Waals surface area contributed by atoms with Crippen molar-refractivity contribution < 1.29 is 9.59 Å². The number of amides is 2. The maximum absolute atomic E-state index is 12.6. The van der Waals surface area contributed by atoms with Crippen LogP contribution < -0.4 is 16.6 Å². The first kappa shape index (κ1) is 17.9. The number of hydrogen-bond acceptors (Lipinski definition) is 5. The van der Waals surface area contributed by atoms with Gasteiger partial charge in [-0.25, -0.2) is 4.98 Å². The molecule has 0 fully saturated rings. The highest BCUT2D eigenvalue weighted by Gasteiger charge is 2.31. The summed E-state index contributed by atoms with van der Waals surface area (Å²) in [4.78, 5) is 40.9. The lowest BCUT2D eigenvalue weighted by atomic mass is 10.1. The number of pyridine rings is 1. The number of nitrogens with zero attached hydrogens (tertiary/aromatic N) is 3. The van der Waals surface area contributed by atoms with E-state index < -0.39 is 17.4 Å². The SMILES string of the molecule is Nc1c2c(cc(=O)n1-c1ccc3c(c1)ncn3CCc1ccccc1)C(=O)NC2=O. The van der Waals surface area contributed by atoms with E-state index in [9.17, 15) is 14.4 Å². The highest BCUT2D eigenvalue weighted by molar-refractivity contribution is 6.23. The minimum atomic E-state index is -0.612. The Morgan fingerprint density at radius 1 is 0.967 bits per heavy atom. The highest BCUT2D eigenvalue weighted by Crippen LogP contribution is 2.24. The molecule has 0 bridgehead atoms. The van der Waals surface area contributed by atoms with Crippen molar-refractivity contribution in [3.63, 3.8) is 0 Å². The van der Waals surface area contributed by atoms with Crippen LogP contribution in [0.15, 0.2) is 65.7 Å². The maximum atomic E-state index is 12.6. The van der Waals surface area contributed by atoms with E-state index in [4.69, 9.17) is 5.73 Å². The molecule has 0 spiro atoms. The third-order valence-electron chi connectivity index (χ3n) is 5.30. The van der Waals surface area contributed by atoms with Crippen LogP contribution in [0, 0.1) is 0 Å². The standard InChI is InChI=1S/C22H17N5O3/c23-20-19-15(21(29)25-22(19)30)11-18(28)27(20)14-6-7-17-16(10-14)24-12-26(17)9-8-13-4-2-1-3-5-13/h1-7,10-12H,8-9,23H2,(H,25,29,30). The topological polar surface area (TPSA) is 112 Å². The van der Waals surface area contributed by atoms with Gasteiger partial charge in [-0.3, -0.25) is 24.3 Å². The molecular formula is C22H17N5O3. The van der Waals surface area contributed by atoms with Crippen LogP contribution in [0.25, 0.3) is 16.7 Å². The predicted molar refractivity (Wildman–Crippen MR) is 112 cm³/mol. The molecule has 1 aliphatic heterocycles. The van der Waals surface area contributed by atoms with Crippen LogP contribution in [0.2, 0.25) is 0 Å². The number of carbonyl (C=O) groups is 2. The van der Waals surface area contributed by atoms with Gasteiger partial charge in [-0.2, -0.15) is 0 Å². The molecule has 148 valence electrons.